The lowest BCUT2D eigenvalue weighted by molar-refractivity contribution is -0.125. The van der Waals surface area contributed by atoms with Crippen LogP contribution in [0.3, 0.4) is 0 Å². The van der Waals surface area contributed by atoms with Gasteiger partial charge in [-0.1, -0.05) is 75.4 Å². The molecule has 1 aliphatic rings. The van der Waals surface area contributed by atoms with Gasteiger partial charge < -0.3 is 20.3 Å². The lowest BCUT2D eigenvalue weighted by Crippen LogP contribution is -2.34. The Morgan fingerprint density at radius 3 is 2.41 bits per heavy atom. The van der Waals surface area contributed by atoms with Gasteiger partial charge >= 0.3 is 0 Å². The quantitative estimate of drug-likeness (QED) is 0.227. The molecule has 236 valence electrons. The number of carbonyl (C=O) groups excluding carboxylic acids is 3. The maximum Gasteiger partial charge on any atom is 0.227 e. The van der Waals surface area contributed by atoms with Crippen molar-refractivity contribution in [2.45, 2.75) is 78.9 Å². The third kappa shape index (κ3) is 9.06. The zero-order valence-corrected chi connectivity index (χ0v) is 26.5. The minimum absolute atomic E-state index is 0.0635. The lowest BCUT2D eigenvalue weighted by Gasteiger charge is -2.28. The number of rotatable bonds is 16. The van der Waals surface area contributed by atoms with E-state index in [9.17, 15) is 14.4 Å². The molecule has 44 heavy (non-hydrogen) atoms. The summed E-state index contributed by atoms with van der Waals surface area (Å²) in [5, 5.41) is 15.4. The van der Waals surface area contributed by atoms with Crippen LogP contribution in [0.4, 0.5) is 5.69 Å². The Morgan fingerprint density at radius 2 is 1.64 bits per heavy atom. The Kier molecular flexibility index (Phi) is 12.2. The molecule has 10 nitrogen and oxygen atoms in total. The summed E-state index contributed by atoms with van der Waals surface area (Å²) in [6, 6.07) is 16.2. The Hall–Kier alpha value is -3.89. The first kappa shape index (κ1) is 33.0. The van der Waals surface area contributed by atoms with Gasteiger partial charge in [-0.25, -0.2) is 4.68 Å². The molecule has 0 radical (unpaired) electrons. The standard InChI is InChI=1S/C34H46N6O4/c1-24(2)13-14-27(41)17-21-44-22-19-36-31(42)15-16-32(43)39-23-26-9-5-6-10-28(26)34-33(29-11-7-8-12-30(29)39)37-38-40(34)20-18-35-25(3)4/h5-12,24-25,35H,13-23H2,1-4H3,(H,36,42). The van der Waals surface area contributed by atoms with Crippen molar-refractivity contribution in [3.05, 3.63) is 54.1 Å². The predicted molar refractivity (Wildman–Crippen MR) is 172 cm³/mol. The molecular weight excluding hydrogens is 556 g/mol. The van der Waals surface area contributed by atoms with E-state index >= 15 is 0 Å². The molecule has 3 aromatic rings. The van der Waals surface area contributed by atoms with Crippen molar-refractivity contribution in [2.24, 2.45) is 5.92 Å². The van der Waals surface area contributed by atoms with E-state index in [4.69, 9.17) is 4.74 Å². The number of ether oxygens (including phenoxy) is 1. The van der Waals surface area contributed by atoms with E-state index in [1.807, 2.05) is 47.1 Å². The van der Waals surface area contributed by atoms with Gasteiger partial charge in [-0.05, 0) is 24.0 Å². The van der Waals surface area contributed by atoms with Crippen LogP contribution in [-0.2, 0) is 32.2 Å². The molecular formula is C34H46N6O4. The smallest absolute Gasteiger partial charge is 0.227 e. The van der Waals surface area contributed by atoms with E-state index in [1.165, 1.54) is 0 Å². The van der Waals surface area contributed by atoms with Crippen LogP contribution in [0.25, 0.3) is 22.5 Å². The Morgan fingerprint density at radius 1 is 0.886 bits per heavy atom. The van der Waals surface area contributed by atoms with Gasteiger partial charge in [-0.15, -0.1) is 5.10 Å². The van der Waals surface area contributed by atoms with Gasteiger partial charge in [0.05, 0.1) is 37.7 Å². The fourth-order valence-electron chi connectivity index (χ4n) is 5.22. The molecule has 2 amide bonds. The highest BCUT2D eigenvalue weighted by molar-refractivity contribution is 6.01. The summed E-state index contributed by atoms with van der Waals surface area (Å²) >= 11 is 0. The number of fused-ring (bicyclic) bond motifs is 5. The number of ketones is 1. The average molecular weight is 603 g/mol. The predicted octanol–water partition coefficient (Wildman–Crippen LogP) is 4.77. The molecule has 0 bridgehead atoms. The van der Waals surface area contributed by atoms with E-state index in [2.05, 4.69) is 54.7 Å². The van der Waals surface area contributed by atoms with Gasteiger partial charge in [-0.3, -0.25) is 14.4 Å². The van der Waals surface area contributed by atoms with Gasteiger partial charge in [0, 0.05) is 55.9 Å². The molecule has 1 aromatic heterocycles. The first-order chi connectivity index (χ1) is 21.2. The molecule has 0 aliphatic carbocycles. The Balaban J connectivity index is 1.39. The van der Waals surface area contributed by atoms with E-state index in [-0.39, 0.29) is 30.4 Å². The van der Waals surface area contributed by atoms with Crippen molar-refractivity contribution >= 4 is 23.3 Å². The molecule has 2 aromatic carbocycles. The van der Waals surface area contributed by atoms with Crippen molar-refractivity contribution in [1.82, 2.24) is 25.6 Å². The first-order valence-electron chi connectivity index (χ1n) is 15.8. The fourth-order valence-corrected chi connectivity index (χ4v) is 5.22. The number of hydrogen-bond donors (Lipinski definition) is 2. The van der Waals surface area contributed by atoms with Gasteiger partial charge in [0.2, 0.25) is 11.8 Å². The van der Waals surface area contributed by atoms with Crippen molar-refractivity contribution in [3.8, 4) is 22.5 Å². The number of amides is 2. The van der Waals surface area contributed by atoms with Gasteiger partial charge in [0.15, 0.2) is 0 Å². The molecule has 0 spiro atoms. The summed E-state index contributed by atoms with van der Waals surface area (Å²) in [5.74, 6) is 0.356. The summed E-state index contributed by atoms with van der Waals surface area (Å²) in [6.45, 7) is 11.2. The number of carbonyl (C=O) groups is 3. The highest BCUT2D eigenvalue weighted by Crippen LogP contribution is 2.41. The van der Waals surface area contributed by atoms with E-state index < -0.39 is 0 Å². The van der Waals surface area contributed by atoms with Crippen molar-refractivity contribution < 1.29 is 19.1 Å². The third-order valence-corrected chi connectivity index (χ3v) is 7.62. The largest absolute Gasteiger partial charge is 0.379 e. The fraction of sp³-hybridized carbons (Fsp3) is 0.500. The first-order valence-corrected chi connectivity index (χ1v) is 15.8. The van der Waals surface area contributed by atoms with Gasteiger partial charge in [-0.2, -0.15) is 0 Å². The number of nitrogens with one attached hydrogen (secondary N) is 2. The maximum absolute atomic E-state index is 13.7. The van der Waals surface area contributed by atoms with Crippen molar-refractivity contribution in [1.29, 1.82) is 0 Å². The summed E-state index contributed by atoms with van der Waals surface area (Å²) in [6.07, 6.45) is 1.99. The Bertz CT molecular complexity index is 1420. The summed E-state index contributed by atoms with van der Waals surface area (Å²) in [5.41, 5.74) is 5.22. The second-order valence-electron chi connectivity index (χ2n) is 12.0. The second kappa shape index (κ2) is 16.3. The molecule has 0 saturated heterocycles. The molecule has 10 heteroatoms. The zero-order valence-electron chi connectivity index (χ0n) is 26.5. The number of benzene rings is 2. The summed E-state index contributed by atoms with van der Waals surface area (Å²) in [7, 11) is 0. The topological polar surface area (TPSA) is 118 Å². The maximum atomic E-state index is 13.7. The third-order valence-electron chi connectivity index (χ3n) is 7.62. The molecule has 0 atom stereocenters. The lowest BCUT2D eigenvalue weighted by atomic mass is 9.95. The van der Waals surface area contributed by atoms with Crippen molar-refractivity contribution in [3.63, 3.8) is 0 Å². The van der Waals surface area contributed by atoms with Crippen LogP contribution >= 0.6 is 0 Å². The van der Waals surface area contributed by atoms with Gasteiger partial charge in [0.1, 0.15) is 11.5 Å². The average Bonchev–Trinajstić information content (AvgIpc) is 3.41. The van der Waals surface area contributed by atoms with Crippen molar-refractivity contribution in [2.75, 3.05) is 31.2 Å². The van der Waals surface area contributed by atoms with Gasteiger partial charge in [0.25, 0.3) is 0 Å². The number of para-hydroxylation sites is 1. The minimum Gasteiger partial charge on any atom is -0.379 e. The number of hydrogen-bond acceptors (Lipinski definition) is 7. The molecule has 2 heterocycles. The molecule has 4 rings (SSSR count). The number of nitrogens with zero attached hydrogens (tertiary/aromatic N) is 4. The van der Waals surface area contributed by atoms with Crippen LogP contribution < -0.4 is 15.5 Å². The highest BCUT2D eigenvalue weighted by Gasteiger charge is 2.29. The summed E-state index contributed by atoms with van der Waals surface area (Å²) < 4.78 is 7.46. The van der Waals surface area contributed by atoms with E-state index in [0.717, 1.165) is 46.7 Å². The highest BCUT2D eigenvalue weighted by atomic mass is 16.5. The SMILES string of the molecule is CC(C)CCC(=O)CCOCCNC(=O)CCC(=O)N1Cc2ccccc2-c2c(nnn2CCNC(C)C)-c2ccccc21. The molecule has 0 fully saturated rings. The van der Waals surface area contributed by atoms with Crippen LogP contribution in [0.1, 0.15) is 65.4 Å². The van der Waals surface area contributed by atoms with E-state index in [1.54, 1.807) is 4.90 Å². The number of Topliss-reactive ketones (excluding diaryl/α,β-unsaturated/α-hetero) is 1. The number of aromatic nitrogens is 3. The molecule has 0 saturated carbocycles. The molecule has 1 aliphatic heterocycles. The molecule has 0 unspecified atom stereocenters. The van der Waals surface area contributed by atoms with Crippen LogP contribution in [0.5, 0.6) is 0 Å². The minimum atomic E-state index is -0.212. The number of anilines is 1. The normalized spacial score (nSPS) is 12.4. The van der Waals surface area contributed by atoms with Crippen LogP contribution in [0.2, 0.25) is 0 Å². The van der Waals surface area contributed by atoms with E-state index in [0.29, 0.717) is 57.6 Å². The molecule has 2 N–H and O–H groups in total. The van der Waals surface area contributed by atoms with Crippen LogP contribution in [-0.4, -0.2) is 64.9 Å². The van der Waals surface area contributed by atoms with Crippen LogP contribution in [0.15, 0.2) is 48.5 Å². The summed E-state index contributed by atoms with van der Waals surface area (Å²) in [4.78, 5) is 39.9. The second-order valence-corrected chi connectivity index (χ2v) is 12.0. The van der Waals surface area contributed by atoms with Crippen LogP contribution in [0, 0.1) is 5.92 Å². The Labute approximate surface area is 260 Å². The monoisotopic (exact) mass is 602 g/mol. The zero-order chi connectivity index (χ0) is 31.5.